The van der Waals surface area contributed by atoms with Gasteiger partial charge in [-0.1, -0.05) is 0 Å². The number of rotatable bonds is 5. The number of anilines is 1. The van der Waals surface area contributed by atoms with Crippen LogP contribution in [0.5, 0.6) is 0 Å². The Labute approximate surface area is 150 Å². The van der Waals surface area contributed by atoms with E-state index in [0.717, 1.165) is 17.7 Å². The van der Waals surface area contributed by atoms with Gasteiger partial charge in [-0.05, 0) is 36.2 Å². The molecule has 2 amide bonds. The number of pyridine rings is 1. The lowest BCUT2D eigenvalue weighted by Gasteiger charge is -2.21. The van der Waals surface area contributed by atoms with Crippen molar-refractivity contribution in [2.24, 2.45) is 5.92 Å². The molecule has 1 fully saturated rings. The molecule has 0 spiro atoms. The van der Waals surface area contributed by atoms with Crippen LogP contribution in [0.3, 0.4) is 0 Å². The van der Waals surface area contributed by atoms with Crippen molar-refractivity contribution in [3.05, 3.63) is 59.9 Å². The molecule has 1 aliphatic rings. The number of likely N-dealkylation sites (N-methyl/N-ethyl adjacent to an activating group) is 1. The number of aromatic nitrogens is 1. The Morgan fingerprint density at radius 1 is 1.23 bits per heavy atom. The highest BCUT2D eigenvalue weighted by molar-refractivity contribution is 6.00. The summed E-state index contributed by atoms with van der Waals surface area (Å²) in [4.78, 5) is 31.7. The topological polar surface area (TPSA) is 53.5 Å². The second kappa shape index (κ2) is 7.59. The van der Waals surface area contributed by atoms with Crippen LogP contribution in [-0.4, -0.2) is 41.8 Å². The highest BCUT2D eigenvalue weighted by Crippen LogP contribution is 2.27. The quantitative estimate of drug-likeness (QED) is 0.824. The molecule has 26 heavy (non-hydrogen) atoms. The van der Waals surface area contributed by atoms with Crippen molar-refractivity contribution in [3.63, 3.8) is 0 Å². The second-order valence-corrected chi connectivity index (χ2v) is 6.37. The van der Waals surface area contributed by atoms with Gasteiger partial charge in [0.1, 0.15) is 0 Å². The third-order valence-electron chi connectivity index (χ3n) is 4.55. The zero-order valence-corrected chi connectivity index (χ0v) is 14.4. The van der Waals surface area contributed by atoms with Crippen molar-refractivity contribution in [2.75, 3.05) is 25.0 Å². The van der Waals surface area contributed by atoms with Crippen molar-refractivity contribution >= 4 is 17.5 Å². The summed E-state index contributed by atoms with van der Waals surface area (Å²) in [7, 11) is 1.70. The molecule has 0 saturated carbocycles. The minimum absolute atomic E-state index is 0.0669. The number of carbonyl (C=O) groups is 2. The van der Waals surface area contributed by atoms with Crippen LogP contribution < -0.4 is 4.90 Å². The maximum atomic E-state index is 13.4. The first-order valence-corrected chi connectivity index (χ1v) is 8.35. The fourth-order valence-electron chi connectivity index (χ4n) is 3.04. The normalized spacial score (nSPS) is 16.8. The van der Waals surface area contributed by atoms with Crippen LogP contribution in [0.4, 0.5) is 14.5 Å². The highest BCUT2D eigenvalue weighted by Gasteiger charge is 2.36. The van der Waals surface area contributed by atoms with E-state index in [1.54, 1.807) is 24.3 Å². The number of halogens is 2. The Hall–Kier alpha value is -2.83. The summed E-state index contributed by atoms with van der Waals surface area (Å²) in [6, 6.07) is 7.09. The summed E-state index contributed by atoms with van der Waals surface area (Å²) in [5.41, 5.74) is 1.34. The van der Waals surface area contributed by atoms with Crippen LogP contribution in [-0.2, 0) is 16.0 Å². The molecule has 5 nitrogen and oxygen atoms in total. The first-order chi connectivity index (χ1) is 12.5. The fourth-order valence-corrected chi connectivity index (χ4v) is 3.04. The average Bonchev–Trinajstić information content (AvgIpc) is 3.04. The fraction of sp³-hybridized carbons (Fsp3) is 0.316. The van der Waals surface area contributed by atoms with Crippen molar-refractivity contribution in [1.29, 1.82) is 0 Å². The van der Waals surface area contributed by atoms with Gasteiger partial charge in [0, 0.05) is 50.7 Å². The number of carbonyl (C=O) groups excluding carboxylic acids is 2. The summed E-state index contributed by atoms with van der Waals surface area (Å²) in [6.45, 7) is 0.695. The molecule has 136 valence electrons. The molecule has 3 rings (SSSR count). The lowest BCUT2D eigenvalue weighted by molar-refractivity contribution is -0.134. The molecule has 1 aromatic carbocycles. The van der Waals surface area contributed by atoms with Crippen molar-refractivity contribution in [3.8, 4) is 0 Å². The molecule has 0 bridgehead atoms. The van der Waals surface area contributed by atoms with E-state index in [4.69, 9.17) is 0 Å². The van der Waals surface area contributed by atoms with E-state index in [2.05, 4.69) is 4.98 Å². The Bertz CT molecular complexity index is 814. The second-order valence-electron chi connectivity index (χ2n) is 6.37. The van der Waals surface area contributed by atoms with Gasteiger partial charge in [-0.3, -0.25) is 14.6 Å². The molecule has 1 saturated heterocycles. The molecule has 1 unspecified atom stereocenters. The van der Waals surface area contributed by atoms with Gasteiger partial charge in [-0.15, -0.1) is 0 Å². The smallest absolute Gasteiger partial charge is 0.227 e. The summed E-state index contributed by atoms with van der Waals surface area (Å²) in [5, 5.41) is 0. The summed E-state index contributed by atoms with van der Waals surface area (Å²) in [6.07, 6.45) is 4.16. The molecule has 1 aliphatic heterocycles. The van der Waals surface area contributed by atoms with Crippen molar-refractivity contribution in [2.45, 2.75) is 12.8 Å². The van der Waals surface area contributed by atoms with Crippen LogP contribution in [0.15, 0.2) is 42.7 Å². The molecule has 1 atom stereocenters. The first-order valence-electron chi connectivity index (χ1n) is 8.35. The third kappa shape index (κ3) is 3.87. The molecule has 1 aromatic heterocycles. The van der Waals surface area contributed by atoms with Crippen LogP contribution in [0.1, 0.15) is 12.0 Å². The number of benzene rings is 1. The molecule has 0 radical (unpaired) electrons. The Morgan fingerprint density at radius 3 is 2.65 bits per heavy atom. The van der Waals surface area contributed by atoms with Crippen LogP contribution in [0.2, 0.25) is 0 Å². The maximum absolute atomic E-state index is 13.4. The highest BCUT2D eigenvalue weighted by atomic mass is 19.2. The predicted octanol–water partition coefficient (Wildman–Crippen LogP) is 2.41. The van der Waals surface area contributed by atoms with Gasteiger partial charge in [0.2, 0.25) is 11.8 Å². The minimum atomic E-state index is -1.01. The van der Waals surface area contributed by atoms with Crippen LogP contribution >= 0.6 is 0 Å². The number of nitrogens with zero attached hydrogens (tertiary/aromatic N) is 3. The number of hydrogen-bond acceptors (Lipinski definition) is 3. The van der Waals surface area contributed by atoms with E-state index >= 15 is 0 Å². The van der Waals surface area contributed by atoms with E-state index in [-0.39, 0.29) is 30.5 Å². The van der Waals surface area contributed by atoms with Crippen LogP contribution in [0, 0.1) is 17.6 Å². The van der Waals surface area contributed by atoms with E-state index in [1.165, 1.54) is 11.0 Å². The van der Waals surface area contributed by atoms with Crippen molar-refractivity contribution in [1.82, 2.24) is 9.88 Å². The zero-order valence-electron chi connectivity index (χ0n) is 14.4. The molecule has 7 heteroatoms. The van der Waals surface area contributed by atoms with E-state index in [9.17, 15) is 18.4 Å². The zero-order chi connectivity index (χ0) is 18.7. The SMILES string of the molecule is CN(CCc1ccncc1)C(=O)C1CC(=O)N(c2ccc(F)c(F)c2)C1. The summed E-state index contributed by atoms with van der Waals surface area (Å²) >= 11 is 0. The van der Waals surface area contributed by atoms with Gasteiger partial charge in [0.15, 0.2) is 11.6 Å². The van der Waals surface area contributed by atoms with E-state index in [0.29, 0.717) is 13.0 Å². The molecule has 2 heterocycles. The van der Waals surface area contributed by atoms with E-state index < -0.39 is 17.6 Å². The average molecular weight is 359 g/mol. The van der Waals surface area contributed by atoms with Crippen LogP contribution in [0.25, 0.3) is 0 Å². The van der Waals surface area contributed by atoms with Gasteiger partial charge in [-0.2, -0.15) is 0 Å². The first kappa shape index (κ1) is 18.0. The van der Waals surface area contributed by atoms with Gasteiger partial charge in [0.05, 0.1) is 5.92 Å². The molecular formula is C19H19F2N3O2. The number of hydrogen-bond donors (Lipinski definition) is 0. The van der Waals surface area contributed by atoms with Gasteiger partial charge in [-0.25, -0.2) is 8.78 Å². The lowest BCUT2D eigenvalue weighted by atomic mass is 10.1. The summed E-state index contributed by atoms with van der Waals surface area (Å²) in [5.74, 6) is -2.86. The lowest BCUT2D eigenvalue weighted by Crippen LogP contribution is -2.36. The van der Waals surface area contributed by atoms with E-state index in [1.807, 2.05) is 12.1 Å². The molecular weight excluding hydrogens is 340 g/mol. The summed E-state index contributed by atoms with van der Waals surface area (Å²) < 4.78 is 26.5. The maximum Gasteiger partial charge on any atom is 0.227 e. The minimum Gasteiger partial charge on any atom is -0.345 e. The van der Waals surface area contributed by atoms with Gasteiger partial charge < -0.3 is 9.80 Å². The Balaban J connectivity index is 1.61. The van der Waals surface area contributed by atoms with Gasteiger partial charge in [0.25, 0.3) is 0 Å². The molecule has 0 aliphatic carbocycles. The monoisotopic (exact) mass is 359 g/mol. The Morgan fingerprint density at radius 2 is 1.96 bits per heavy atom. The number of amides is 2. The largest absolute Gasteiger partial charge is 0.345 e. The Kier molecular flexibility index (Phi) is 5.25. The third-order valence-corrected chi connectivity index (χ3v) is 4.55. The molecule has 0 N–H and O–H groups in total. The standard InChI is InChI=1S/C19H19F2N3O2/c1-23(9-6-13-4-7-22-8-5-13)19(26)14-10-18(25)24(12-14)15-2-3-16(20)17(21)11-15/h2-5,7-8,11,14H,6,9-10,12H2,1H3. The van der Waals surface area contributed by atoms with Crippen molar-refractivity contribution < 1.29 is 18.4 Å². The predicted molar refractivity (Wildman–Crippen MR) is 92.4 cm³/mol. The molecule has 2 aromatic rings. The van der Waals surface area contributed by atoms with Gasteiger partial charge >= 0.3 is 0 Å².